The smallest absolute Gasteiger partial charge is 0.243 e. The van der Waals surface area contributed by atoms with Crippen LogP contribution in [0, 0.1) is 5.92 Å². The molecule has 0 aliphatic carbocycles. The van der Waals surface area contributed by atoms with Crippen molar-refractivity contribution in [1.82, 2.24) is 4.31 Å². The minimum absolute atomic E-state index is 0.451. The molecule has 0 spiro atoms. The molecular weight excluding hydrogens is 260 g/mol. The van der Waals surface area contributed by atoms with Crippen LogP contribution in [0.1, 0.15) is 25.3 Å². The van der Waals surface area contributed by atoms with Crippen LogP contribution in [-0.4, -0.2) is 32.4 Å². The van der Waals surface area contributed by atoms with Crippen LogP contribution < -0.4 is 5.32 Å². The first-order chi connectivity index (χ1) is 9.11. The summed E-state index contributed by atoms with van der Waals surface area (Å²) in [5.74, 6) is 0.519. The van der Waals surface area contributed by atoms with Crippen LogP contribution in [-0.2, 0) is 16.4 Å². The third kappa shape index (κ3) is 2.25. The molecule has 0 bridgehead atoms. The molecule has 2 aliphatic heterocycles. The van der Waals surface area contributed by atoms with E-state index in [2.05, 4.69) is 12.2 Å². The van der Waals surface area contributed by atoms with Gasteiger partial charge in [0.2, 0.25) is 10.0 Å². The molecule has 0 aromatic heterocycles. The number of rotatable bonds is 3. The lowest BCUT2D eigenvalue weighted by molar-refractivity contribution is 0.453. The third-order valence-electron chi connectivity index (χ3n) is 4.25. The fourth-order valence-electron chi connectivity index (χ4n) is 2.94. The summed E-state index contributed by atoms with van der Waals surface area (Å²) in [6, 6.07) is 5.46. The van der Waals surface area contributed by atoms with Crippen LogP contribution in [0.4, 0.5) is 5.69 Å². The first-order valence-corrected chi connectivity index (χ1v) is 8.42. The van der Waals surface area contributed by atoms with E-state index in [9.17, 15) is 8.42 Å². The molecule has 5 heteroatoms. The first kappa shape index (κ1) is 12.9. The molecule has 19 heavy (non-hydrogen) atoms. The number of anilines is 1. The highest BCUT2D eigenvalue weighted by Gasteiger charge is 2.32. The number of nitrogens with one attached hydrogen (secondary N) is 1. The van der Waals surface area contributed by atoms with Gasteiger partial charge < -0.3 is 5.32 Å². The Balaban J connectivity index is 1.88. The quantitative estimate of drug-likeness (QED) is 0.922. The van der Waals surface area contributed by atoms with Crippen LogP contribution in [0.25, 0.3) is 0 Å². The average Bonchev–Trinajstić information content (AvgIpc) is 3.06. The van der Waals surface area contributed by atoms with E-state index in [1.165, 1.54) is 0 Å². The van der Waals surface area contributed by atoms with Crippen LogP contribution in [0.3, 0.4) is 0 Å². The van der Waals surface area contributed by atoms with E-state index < -0.39 is 10.0 Å². The highest BCUT2D eigenvalue weighted by molar-refractivity contribution is 7.89. The Morgan fingerprint density at radius 2 is 2.26 bits per heavy atom. The predicted molar refractivity (Wildman–Crippen MR) is 75.8 cm³/mol. The molecule has 1 aromatic carbocycles. The van der Waals surface area contributed by atoms with Crippen LogP contribution >= 0.6 is 0 Å². The molecule has 0 amide bonds. The molecule has 2 aliphatic rings. The van der Waals surface area contributed by atoms with Crippen molar-refractivity contribution in [1.29, 1.82) is 0 Å². The molecule has 1 unspecified atom stereocenters. The second-order valence-corrected chi connectivity index (χ2v) is 7.36. The van der Waals surface area contributed by atoms with Gasteiger partial charge in [-0.2, -0.15) is 4.31 Å². The van der Waals surface area contributed by atoms with Crippen LogP contribution in [0.15, 0.2) is 23.1 Å². The summed E-state index contributed by atoms with van der Waals surface area (Å²) in [4.78, 5) is 0.451. The normalized spacial score (nSPS) is 23.3. The van der Waals surface area contributed by atoms with Gasteiger partial charge in [-0.25, -0.2) is 8.42 Å². The van der Waals surface area contributed by atoms with Gasteiger partial charge in [0.05, 0.1) is 4.90 Å². The van der Waals surface area contributed by atoms with Gasteiger partial charge in [0.1, 0.15) is 0 Å². The second kappa shape index (κ2) is 4.80. The molecule has 2 heterocycles. The number of hydrogen-bond acceptors (Lipinski definition) is 3. The summed E-state index contributed by atoms with van der Waals surface area (Å²) in [5.41, 5.74) is 2.19. The van der Waals surface area contributed by atoms with Crippen molar-refractivity contribution in [3.63, 3.8) is 0 Å². The molecule has 104 valence electrons. The molecular formula is C14H20N2O2S. The summed E-state index contributed by atoms with van der Waals surface area (Å²) in [6.45, 7) is 4.37. The topological polar surface area (TPSA) is 49.4 Å². The lowest BCUT2D eigenvalue weighted by Crippen LogP contribution is -2.28. The van der Waals surface area contributed by atoms with Crippen molar-refractivity contribution in [3.8, 4) is 0 Å². The molecule has 3 rings (SSSR count). The Morgan fingerprint density at radius 3 is 3.00 bits per heavy atom. The zero-order chi connectivity index (χ0) is 13.5. The van der Waals surface area contributed by atoms with E-state index in [0.717, 1.165) is 37.1 Å². The zero-order valence-corrected chi connectivity index (χ0v) is 12.0. The minimum atomic E-state index is -3.30. The maximum Gasteiger partial charge on any atom is 0.243 e. The lowest BCUT2D eigenvalue weighted by atomic mass is 10.1. The van der Waals surface area contributed by atoms with Gasteiger partial charge >= 0.3 is 0 Å². The highest BCUT2D eigenvalue weighted by atomic mass is 32.2. The van der Waals surface area contributed by atoms with E-state index in [1.54, 1.807) is 10.4 Å². The van der Waals surface area contributed by atoms with Crippen molar-refractivity contribution in [2.75, 3.05) is 25.0 Å². The predicted octanol–water partition coefficient (Wildman–Crippen LogP) is 2.08. The Labute approximate surface area is 114 Å². The van der Waals surface area contributed by atoms with Gasteiger partial charge in [-0.05, 0) is 42.5 Å². The van der Waals surface area contributed by atoms with Crippen molar-refractivity contribution in [2.24, 2.45) is 5.92 Å². The molecule has 4 nitrogen and oxygen atoms in total. The molecule has 0 radical (unpaired) electrons. The van der Waals surface area contributed by atoms with Gasteiger partial charge in [-0.15, -0.1) is 0 Å². The summed E-state index contributed by atoms with van der Waals surface area (Å²) in [6.07, 6.45) is 2.96. The van der Waals surface area contributed by atoms with Gasteiger partial charge in [-0.1, -0.05) is 13.3 Å². The monoisotopic (exact) mass is 280 g/mol. The van der Waals surface area contributed by atoms with Crippen molar-refractivity contribution in [2.45, 2.75) is 31.1 Å². The van der Waals surface area contributed by atoms with E-state index in [1.807, 2.05) is 12.1 Å². The Hall–Kier alpha value is -1.07. The zero-order valence-electron chi connectivity index (χ0n) is 11.2. The van der Waals surface area contributed by atoms with Crippen molar-refractivity contribution < 1.29 is 8.42 Å². The van der Waals surface area contributed by atoms with E-state index in [-0.39, 0.29) is 0 Å². The maximum atomic E-state index is 12.6. The molecule has 1 fully saturated rings. The van der Waals surface area contributed by atoms with Crippen LogP contribution in [0.5, 0.6) is 0 Å². The first-order valence-electron chi connectivity index (χ1n) is 6.98. The van der Waals surface area contributed by atoms with Gasteiger partial charge in [-0.3, -0.25) is 0 Å². The van der Waals surface area contributed by atoms with Crippen LogP contribution in [0.2, 0.25) is 0 Å². The van der Waals surface area contributed by atoms with E-state index in [0.29, 0.717) is 23.9 Å². The fourth-order valence-corrected chi connectivity index (χ4v) is 4.52. The van der Waals surface area contributed by atoms with Gasteiger partial charge in [0.25, 0.3) is 0 Å². The largest absolute Gasteiger partial charge is 0.384 e. The SMILES string of the molecule is CCC1CCN(S(=O)(=O)c2ccc3c(c2)CCN3)C1. The highest BCUT2D eigenvalue weighted by Crippen LogP contribution is 2.29. The number of nitrogens with zero attached hydrogens (tertiary/aromatic N) is 1. The van der Waals surface area contributed by atoms with Gasteiger partial charge in [0, 0.05) is 25.3 Å². The minimum Gasteiger partial charge on any atom is -0.384 e. The summed E-state index contributed by atoms with van der Waals surface area (Å²) >= 11 is 0. The summed E-state index contributed by atoms with van der Waals surface area (Å²) in [5, 5.41) is 3.26. The van der Waals surface area contributed by atoms with Crippen molar-refractivity contribution in [3.05, 3.63) is 23.8 Å². The Morgan fingerprint density at radius 1 is 1.42 bits per heavy atom. The molecule has 1 atom stereocenters. The number of hydrogen-bond donors (Lipinski definition) is 1. The molecule has 0 saturated carbocycles. The Kier molecular flexibility index (Phi) is 3.27. The number of fused-ring (bicyclic) bond motifs is 1. The van der Waals surface area contributed by atoms with Crippen molar-refractivity contribution >= 4 is 15.7 Å². The summed E-state index contributed by atoms with van der Waals surface area (Å²) in [7, 11) is -3.30. The fraction of sp³-hybridized carbons (Fsp3) is 0.571. The van der Waals surface area contributed by atoms with E-state index >= 15 is 0 Å². The average molecular weight is 280 g/mol. The standard InChI is InChI=1S/C14H20N2O2S/c1-2-11-6-8-16(10-11)19(17,18)13-3-4-14-12(9-13)5-7-15-14/h3-4,9,11,15H,2,5-8,10H2,1H3. The number of benzene rings is 1. The molecule has 1 N–H and O–H groups in total. The summed E-state index contributed by atoms with van der Waals surface area (Å²) < 4.78 is 26.8. The maximum absolute atomic E-state index is 12.6. The van der Waals surface area contributed by atoms with Gasteiger partial charge in [0.15, 0.2) is 0 Å². The Bertz CT molecular complexity index is 583. The second-order valence-electron chi connectivity index (χ2n) is 5.42. The molecule has 1 saturated heterocycles. The number of sulfonamides is 1. The third-order valence-corrected chi connectivity index (χ3v) is 6.11. The lowest BCUT2D eigenvalue weighted by Gasteiger charge is -2.17. The molecule has 1 aromatic rings. The van der Waals surface area contributed by atoms with E-state index in [4.69, 9.17) is 0 Å².